The zero-order chi connectivity index (χ0) is 18.6. The lowest BCUT2D eigenvalue weighted by Crippen LogP contribution is -2.27. The summed E-state index contributed by atoms with van der Waals surface area (Å²) in [4.78, 5) is 2.29. The van der Waals surface area contributed by atoms with Crippen molar-refractivity contribution in [1.29, 1.82) is 0 Å². The zero-order valence-corrected chi connectivity index (χ0v) is 16.0. The van der Waals surface area contributed by atoms with Crippen LogP contribution in [0.25, 0.3) is 0 Å². The molecule has 2 aromatic carbocycles. The van der Waals surface area contributed by atoms with Gasteiger partial charge >= 0.3 is 0 Å². The summed E-state index contributed by atoms with van der Waals surface area (Å²) >= 11 is 0. The standard InChI is InChI=1S/C19H26N2O3S/c1-14-11-15(2)13-18(12-14)24-10-9-21(4)16(3)17-5-7-19(8-6-17)25(20,22)23/h5-8,11-13,16H,9-10H2,1-4H3,(H2,20,22,23). The molecule has 2 rings (SSSR count). The normalized spacial score (nSPS) is 13.0. The first kappa shape index (κ1) is 19.4. The molecule has 0 saturated heterocycles. The van der Waals surface area contributed by atoms with Crippen molar-refractivity contribution in [1.82, 2.24) is 4.90 Å². The monoisotopic (exact) mass is 362 g/mol. The van der Waals surface area contributed by atoms with Gasteiger partial charge in [-0.2, -0.15) is 0 Å². The second kappa shape index (κ2) is 7.99. The average Bonchev–Trinajstić information content (AvgIpc) is 2.52. The van der Waals surface area contributed by atoms with Gasteiger partial charge in [0, 0.05) is 12.6 Å². The molecule has 0 amide bonds. The molecule has 0 heterocycles. The second-order valence-electron chi connectivity index (χ2n) is 6.44. The highest BCUT2D eigenvalue weighted by Gasteiger charge is 2.13. The molecule has 25 heavy (non-hydrogen) atoms. The number of likely N-dealkylation sites (N-methyl/N-ethyl adjacent to an activating group) is 1. The van der Waals surface area contributed by atoms with Crippen LogP contribution in [0.2, 0.25) is 0 Å². The van der Waals surface area contributed by atoms with Gasteiger partial charge in [-0.05, 0) is 68.8 Å². The lowest BCUT2D eigenvalue weighted by atomic mass is 10.1. The first-order valence-corrected chi connectivity index (χ1v) is 9.75. The van der Waals surface area contributed by atoms with Crippen molar-refractivity contribution in [2.24, 2.45) is 5.14 Å². The minimum Gasteiger partial charge on any atom is -0.492 e. The molecule has 0 saturated carbocycles. The third-order valence-corrected chi connectivity index (χ3v) is 5.19. The number of hydrogen-bond acceptors (Lipinski definition) is 4. The quantitative estimate of drug-likeness (QED) is 0.822. The number of nitrogens with two attached hydrogens (primary N) is 1. The number of rotatable bonds is 7. The molecule has 0 aliphatic carbocycles. The molecular weight excluding hydrogens is 336 g/mol. The van der Waals surface area contributed by atoms with Gasteiger partial charge in [-0.3, -0.25) is 4.90 Å². The molecule has 136 valence electrons. The van der Waals surface area contributed by atoms with Crippen molar-refractivity contribution in [2.75, 3.05) is 20.2 Å². The van der Waals surface area contributed by atoms with Gasteiger partial charge in [-0.25, -0.2) is 13.6 Å². The first-order valence-electron chi connectivity index (χ1n) is 8.21. The molecule has 5 nitrogen and oxygen atoms in total. The Balaban J connectivity index is 1.92. The fourth-order valence-corrected chi connectivity index (χ4v) is 3.22. The van der Waals surface area contributed by atoms with Crippen LogP contribution in [-0.4, -0.2) is 33.5 Å². The number of aryl methyl sites for hydroxylation is 2. The highest BCUT2D eigenvalue weighted by molar-refractivity contribution is 7.89. The summed E-state index contributed by atoms with van der Waals surface area (Å²) in [6.07, 6.45) is 0. The van der Waals surface area contributed by atoms with E-state index in [1.807, 2.05) is 19.2 Å². The molecule has 0 aromatic heterocycles. The van der Waals surface area contributed by atoms with Crippen molar-refractivity contribution in [3.63, 3.8) is 0 Å². The van der Waals surface area contributed by atoms with Gasteiger partial charge in [0.2, 0.25) is 10.0 Å². The van der Waals surface area contributed by atoms with Gasteiger partial charge in [0.15, 0.2) is 0 Å². The number of primary sulfonamides is 1. The van der Waals surface area contributed by atoms with Gasteiger partial charge in [0.25, 0.3) is 0 Å². The third-order valence-electron chi connectivity index (χ3n) is 4.26. The second-order valence-corrected chi connectivity index (χ2v) is 8.00. The number of ether oxygens (including phenoxy) is 1. The molecule has 2 N–H and O–H groups in total. The molecule has 1 atom stereocenters. The van der Waals surface area contributed by atoms with Crippen molar-refractivity contribution in [3.8, 4) is 5.75 Å². The van der Waals surface area contributed by atoms with E-state index in [2.05, 4.69) is 31.7 Å². The van der Waals surface area contributed by atoms with E-state index in [9.17, 15) is 8.42 Å². The van der Waals surface area contributed by atoms with Crippen LogP contribution >= 0.6 is 0 Å². The highest BCUT2D eigenvalue weighted by atomic mass is 32.2. The van der Waals surface area contributed by atoms with E-state index >= 15 is 0 Å². The fourth-order valence-electron chi connectivity index (χ4n) is 2.71. The van der Waals surface area contributed by atoms with E-state index in [0.29, 0.717) is 6.61 Å². The van der Waals surface area contributed by atoms with Crippen molar-refractivity contribution >= 4 is 10.0 Å². The lowest BCUT2D eigenvalue weighted by molar-refractivity contribution is 0.201. The Morgan fingerprint density at radius 3 is 2.16 bits per heavy atom. The summed E-state index contributed by atoms with van der Waals surface area (Å²) in [5.74, 6) is 0.885. The molecule has 2 aromatic rings. The Bertz CT molecular complexity index is 797. The third kappa shape index (κ3) is 5.56. The average molecular weight is 362 g/mol. The first-order chi connectivity index (χ1) is 11.7. The Hall–Kier alpha value is -1.89. The van der Waals surface area contributed by atoms with Crippen LogP contribution < -0.4 is 9.88 Å². The maximum absolute atomic E-state index is 11.3. The van der Waals surface area contributed by atoms with E-state index in [0.717, 1.165) is 17.9 Å². The van der Waals surface area contributed by atoms with Crippen LogP contribution in [0, 0.1) is 13.8 Å². The molecule has 0 spiro atoms. The van der Waals surface area contributed by atoms with Gasteiger partial charge in [0.1, 0.15) is 12.4 Å². The molecular formula is C19H26N2O3S. The SMILES string of the molecule is Cc1cc(C)cc(OCCN(C)C(C)c2ccc(S(N)(=O)=O)cc2)c1. The minimum atomic E-state index is -3.65. The Morgan fingerprint density at radius 1 is 1.08 bits per heavy atom. The van der Waals surface area contributed by atoms with E-state index in [4.69, 9.17) is 9.88 Å². The number of nitrogens with zero attached hydrogens (tertiary/aromatic N) is 1. The minimum absolute atomic E-state index is 0.129. The maximum atomic E-state index is 11.3. The van der Waals surface area contributed by atoms with Crippen molar-refractivity contribution < 1.29 is 13.2 Å². The van der Waals surface area contributed by atoms with Crippen LogP contribution in [0.1, 0.15) is 29.7 Å². The number of sulfonamides is 1. The lowest BCUT2D eigenvalue weighted by Gasteiger charge is -2.25. The van der Waals surface area contributed by atoms with Crippen LogP contribution in [0.4, 0.5) is 0 Å². The van der Waals surface area contributed by atoms with Crippen molar-refractivity contribution in [2.45, 2.75) is 31.7 Å². The van der Waals surface area contributed by atoms with Gasteiger partial charge in [-0.1, -0.05) is 18.2 Å². The largest absolute Gasteiger partial charge is 0.492 e. The fraction of sp³-hybridized carbons (Fsp3) is 0.368. The predicted molar refractivity (Wildman–Crippen MR) is 100 cm³/mol. The van der Waals surface area contributed by atoms with Gasteiger partial charge in [0.05, 0.1) is 4.90 Å². The molecule has 0 aliphatic heterocycles. The Morgan fingerprint density at radius 2 is 1.64 bits per heavy atom. The van der Waals surface area contributed by atoms with E-state index < -0.39 is 10.0 Å². The van der Waals surface area contributed by atoms with E-state index in [-0.39, 0.29) is 10.9 Å². The van der Waals surface area contributed by atoms with Gasteiger partial charge in [-0.15, -0.1) is 0 Å². The number of benzene rings is 2. The summed E-state index contributed by atoms with van der Waals surface area (Å²) in [5, 5.41) is 5.13. The summed E-state index contributed by atoms with van der Waals surface area (Å²) in [6.45, 7) is 7.52. The number of hydrogen-bond donors (Lipinski definition) is 1. The Kier molecular flexibility index (Phi) is 6.21. The van der Waals surface area contributed by atoms with Crippen LogP contribution in [0.3, 0.4) is 0 Å². The van der Waals surface area contributed by atoms with Crippen LogP contribution in [-0.2, 0) is 10.0 Å². The smallest absolute Gasteiger partial charge is 0.238 e. The molecule has 0 aliphatic rings. The van der Waals surface area contributed by atoms with Crippen LogP contribution in [0.5, 0.6) is 5.75 Å². The molecule has 0 bridgehead atoms. The topological polar surface area (TPSA) is 72.6 Å². The molecule has 0 fully saturated rings. The predicted octanol–water partition coefficient (Wildman–Crippen LogP) is 3.02. The van der Waals surface area contributed by atoms with Gasteiger partial charge < -0.3 is 4.74 Å². The maximum Gasteiger partial charge on any atom is 0.238 e. The summed E-state index contributed by atoms with van der Waals surface area (Å²) in [5.41, 5.74) is 3.40. The summed E-state index contributed by atoms with van der Waals surface area (Å²) in [7, 11) is -1.63. The zero-order valence-electron chi connectivity index (χ0n) is 15.2. The molecule has 0 radical (unpaired) electrons. The van der Waals surface area contributed by atoms with E-state index in [1.54, 1.807) is 24.3 Å². The molecule has 1 unspecified atom stereocenters. The van der Waals surface area contributed by atoms with Crippen molar-refractivity contribution in [3.05, 3.63) is 59.2 Å². The Labute approximate surface area is 150 Å². The van der Waals surface area contributed by atoms with E-state index in [1.165, 1.54) is 11.1 Å². The molecule has 6 heteroatoms. The summed E-state index contributed by atoms with van der Waals surface area (Å²) < 4.78 is 28.5. The summed E-state index contributed by atoms with van der Waals surface area (Å²) in [6, 6.07) is 13.0. The highest BCUT2D eigenvalue weighted by Crippen LogP contribution is 2.21. The van der Waals surface area contributed by atoms with Crippen LogP contribution in [0.15, 0.2) is 47.4 Å².